The number of carboxylic acid groups (broad SMARTS) is 4. The van der Waals surface area contributed by atoms with Crippen LogP contribution >= 0.6 is 0 Å². The van der Waals surface area contributed by atoms with Gasteiger partial charge in [-0.3, -0.25) is 24.1 Å². The molecule has 12 nitrogen and oxygen atoms in total. The Balaban J connectivity index is 0. The van der Waals surface area contributed by atoms with Gasteiger partial charge in [-0.25, -0.2) is 4.79 Å². The first-order chi connectivity index (χ1) is 11.9. The summed E-state index contributed by atoms with van der Waals surface area (Å²) in [4.78, 5) is 53.6. The topological polar surface area (TPSA) is 202 Å². The van der Waals surface area contributed by atoms with Crippen molar-refractivity contribution in [3.8, 4) is 0 Å². The monoisotopic (exact) mass is 380 g/mol. The van der Waals surface area contributed by atoms with E-state index in [9.17, 15) is 29.1 Å². The van der Waals surface area contributed by atoms with Crippen molar-refractivity contribution in [1.29, 1.82) is 0 Å². The molecule has 0 radical (unpaired) electrons. The Hall–Kier alpha value is -2.73. The summed E-state index contributed by atoms with van der Waals surface area (Å²) in [6.45, 7) is 3.57. The minimum Gasteiger partial charge on any atom is -0.481 e. The van der Waals surface area contributed by atoms with Crippen molar-refractivity contribution in [2.75, 3.05) is 26.2 Å². The molecule has 0 bridgehead atoms. The SMILES string of the molecule is CCCN(CC(=O)O)CC(=O)O.CCNC(=O)C(O)(CC(=O)O)C(=O)O. The Kier molecular flexibility index (Phi) is 12.4. The van der Waals surface area contributed by atoms with Crippen LogP contribution in [0.25, 0.3) is 0 Å². The highest BCUT2D eigenvalue weighted by Crippen LogP contribution is 2.11. The molecular formula is C14H24N2O10. The van der Waals surface area contributed by atoms with E-state index in [-0.39, 0.29) is 19.6 Å². The fraction of sp³-hybridized carbons (Fsp3) is 0.643. The molecule has 0 spiro atoms. The third-order valence-electron chi connectivity index (χ3n) is 2.73. The Morgan fingerprint density at radius 3 is 1.62 bits per heavy atom. The van der Waals surface area contributed by atoms with Gasteiger partial charge < -0.3 is 30.8 Å². The lowest BCUT2D eigenvalue weighted by atomic mass is 9.99. The zero-order valence-corrected chi connectivity index (χ0v) is 14.5. The van der Waals surface area contributed by atoms with Crippen LogP contribution in [-0.4, -0.2) is 92.0 Å². The molecule has 0 aromatic heterocycles. The first-order valence-corrected chi connectivity index (χ1v) is 7.52. The van der Waals surface area contributed by atoms with E-state index in [4.69, 9.17) is 20.4 Å². The van der Waals surface area contributed by atoms with Gasteiger partial charge in [0.15, 0.2) is 0 Å². The number of nitrogens with zero attached hydrogens (tertiary/aromatic N) is 1. The summed E-state index contributed by atoms with van der Waals surface area (Å²) in [5.41, 5.74) is -2.90. The van der Waals surface area contributed by atoms with Gasteiger partial charge in [-0.05, 0) is 19.9 Å². The molecule has 0 aliphatic heterocycles. The van der Waals surface area contributed by atoms with E-state index in [1.54, 1.807) is 0 Å². The van der Waals surface area contributed by atoms with Crippen LogP contribution in [0.3, 0.4) is 0 Å². The lowest BCUT2D eigenvalue weighted by Crippen LogP contribution is -2.53. The standard InChI is InChI=1S/C7H11NO6.C7H13NO4/c1-2-8-5(11)7(14,6(12)13)3-4(9)10;1-2-3-8(4-6(9)10)5-7(11)12/h14H,2-3H2,1H3,(H,8,11)(H,9,10)(H,12,13);2-5H2,1H3,(H,9,10)(H,11,12). The second-order valence-corrected chi connectivity index (χ2v) is 5.09. The van der Waals surface area contributed by atoms with E-state index in [0.717, 1.165) is 6.42 Å². The zero-order chi connectivity index (χ0) is 20.9. The minimum absolute atomic E-state index is 0.105. The number of hydrogen-bond donors (Lipinski definition) is 6. The van der Waals surface area contributed by atoms with Crippen LogP contribution in [0.5, 0.6) is 0 Å². The van der Waals surface area contributed by atoms with E-state index in [2.05, 4.69) is 0 Å². The number of hydrogen-bond acceptors (Lipinski definition) is 7. The quantitative estimate of drug-likeness (QED) is 0.223. The van der Waals surface area contributed by atoms with Gasteiger partial charge in [0.05, 0.1) is 19.5 Å². The van der Waals surface area contributed by atoms with Crippen molar-refractivity contribution >= 4 is 29.8 Å². The second-order valence-electron chi connectivity index (χ2n) is 5.09. The van der Waals surface area contributed by atoms with Gasteiger partial charge in [-0.1, -0.05) is 6.92 Å². The van der Waals surface area contributed by atoms with E-state index in [0.29, 0.717) is 6.54 Å². The molecule has 0 saturated carbocycles. The van der Waals surface area contributed by atoms with Crippen LogP contribution in [0, 0.1) is 0 Å². The fourth-order valence-corrected chi connectivity index (χ4v) is 1.69. The van der Waals surface area contributed by atoms with Gasteiger partial charge in [-0.15, -0.1) is 0 Å². The molecule has 0 aromatic rings. The highest BCUT2D eigenvalue weighted by Gasteiger charge is 2.46. The molecule has 0 saturated heterocycles. The van der Waals surface area contributed by atoms with Crippen molar-refractivity contribution in [3.63, 3.8) is 0 Å². The molecule has 0 aliphatic carbocycles. The molecule has 150 valence electrons. The molecule has 0 heterocycles. The van der Waals surface area contributed by atoms with Crippen molar-refractivity contribution in [2.24, 2.45) is 0 Å². The molecule has 1 amide bonds. The summed E-state index contributed by atoms with van der Waals surface area (Å²) in [7, 11) is 0. The third-order valence-corrected chi connectivity index (χ3v) is 2.73. The van der Waals surface area contributed by atoms with E-state index >= 15 is 0 Å². The molecule has 6 N–H and O–H groups in total. The van der Waals surface area contributed by atoms with Crippen LogP contribution < -0.4 is 5.32 Å². The third kappa shape index (κ3) is 10.9. The molecule has 0 rings (SSSR count). The van der Waals surface area contributed by atoms with Crippen LogP contribution in [0.15, 0.2) is 0 Å². The van der Waals surface area contributed by atoms with Crippen LogP contribution in [0.2, 0.25) is 0 Å². The molecule has 0 aliphatic rings. The first kappa shape index (κ1) is 25.5. The number of likely N-dealkylation sites (N-methyl/N-ethyl adjacent to an activating group) is 1. The van der Waals surface area contributed by atoms with Crippen molar-refractivity contribution in [3.05, 3.63) is 0 Å². The van der Waals surface area contributed by atoms with E-state index < -0.39 is 41.8 Å². The summed E-state index contributed by atoms with van der Waals surface area (Å²) in [6.07, 6.45) is -0.422. The Bertz CT molecular complexity index is 506. The maximum atomic E-state index is 11.0. The summed E-state index contributed by atoms with van der Waals surface area (Å²) in [5, 5.41) is 44.9. The first-order valence-electron chi connectivity index (χ1n) is 7.52. The normalized spacial score (nSPS) is 12.3. The maximum absolute atomic E-state index is 11.0. The lowest BCUT2D eigenvalue weighted by Gasteiger charge is -2.19. The number of aliphatic carboxylic acids is 4. The molecule has 0 aromatic carbocycles. The number of rotatable bonds is 11. The zero-order valence-electron chi connectivity index (χ0n) is 14.5. The second kappa shape index (κ2) is 12.6. The molecule has 1 unspecified atom stereocenters. The van der Waals surface area contributed by atoms with Crippen molar-refractivity contribution < 1.29 is 49.5 Å². The van der Waals surface area contributed by atoms with Crippen LogP contribution in [0.1, 0.15) is 26.7 Å². The molecular weight excluding hydrogens is 356 g/mol. The van der Waals surface area contributed by atoms with Gasteiger partial charge in [-0.2, -0.15) is 0 Å². The Morgan fingerprint density at radius 2 is 1.35 bits per heavy atom. The molecule has 26 heavy (non-hydrogen) atoms. The highest BCUT2D eigenvalue weighted by molar-refractivity contribution is 6.07. The molecule has 12 heteroatoms. The van der Waals surface area contributed by atoms with Crippen LogP contribution in [-0.2, 0) is 24.0 Å². The summed E-state index contributed by atoms with van der Waals surface area (Å²) in [5.74, 6) is -6.67. The molecule has 1 atom stereocenters. The van der Waals surface area contributed by atoms with Gasteiger partial charge >= 0.3 is 23.9 Å². The number of nitrogens with one attached hydrogen (secondary N) is 1. The van der Waals surface area contributed by atoms with Crippen molar-refractivity contribution in [1.82, 2.24) is 10.2 Å². The number of carbonyl (C=O) groups excluding carboxylic acids is 1. The fourth-order valence-electron chi connectivity index (χ4n) is 1.69. The maximum Gasteiger partial charge on any atom is 0.346 e. The van der Waals surface area contributed by atoms with Crippen LogP contribution in [0.4, 0.5) is 0 Å². The predicted molar refractivity (Wildman–Crippen MR) is 85.5 cm³/mol. The van der Waals surface area contributed by atoms with E-state index in [1.807, 2.05) is 12.2 Å². The number of carbonyl (C=O) groups is 5. The average molecular weight is 380 g/mol. The summed E-state index contributed by atoms with van der Waals surface area (Å²) >= 11 is 0. The predicted octanol–water partition coefficient (Wildman–Crippen LogP) is -1.72. The highest BCUT2D eigenvalue weighted by atomic mass is 16.4. The van der Waals surface area contributed by atoms with Gasteiger partial charge in [0.1, 0.15) is 0 Å². The number of aliphatic hydroxyl groups is 1. The number of carboxylic acids is 4. The minimum atomic E-state index is -2.90. The Morgan fingerprint density at radius 1 is 0.885 bits per heavy atom. The van der Waals surface area contributed by atoms with Crippen molar-refractivity contribution in [2.45, 2.75) is 32.3 Å². The summed E-state index contributed by atoms with van der Waals surface area (Å²) < 4.78 is 0. The van der Waals surface area contributed by atoms with E-state index in [1.165, 1.54) is 11.8 Å². The Labute approximate surface area is 149 Å². The van der Waals surface area contributed by atoms with Gasteiger partial charge in [0.2, 0.25) is 0 Å². The summed E-state index contributed by atoms with van der Waals surface area (Å²) in [6, 6.07) is 0. The smallest absolute Gasteiger partial charge is 0.346 e. The number of amides is 1. The molecule has 0 fully saturated rings. The van der Waals surface area contributed by atoms with Gasteiger partial charge in [0, 0.05) is 6.54 Å². The largest absolute Gasteiger partial charge is 0.481 e. The lowest BCUT2D eigenvalue weighted by molar-refractivity contribution is -0.171. The van der Waals surface area contributed by atoms with Gasteiger partial charge in [0.25, 0.3) is 11.5 Å². The average Bonchev–Trinajstić information content (AvgIpc) is 2.46.